The van der Waals surface area contributed by atoms with Crippen molar-refractivity contribution in [2.24, 2.45) is 4.99 Å². The molecule has 2 aliphatic heterocycles. The first kappa shape index (κ1) is 19.8. The fraction of sp³-hybridized carbons (Fsp3) is 0.667. The second kappa shape index (κ2) is 11.0. The molecule has 0 aromatic heterocycles. The number of hydrogen-bond donors (Lipinski definition) is 2. The van der Waals surface area contributed by atoms with E-state index in [0.717, 1.165) is 49.0 Å². The topological polar surface area (TPSA) is 58.1 Å². The SMILES string of the molecule is CN=C(NCCCN1CCCCCC1)NCc1ccc2c(c1)OCCCO2. The second-order valence-corrected chi connectivity index (χ2v) is 7.29. The molecule has 0 bridgehead atoms. The van der Waals surface area contributed by atoms with Crippen molar-refractivity contribution in [3.63, 3.8) is 0 Å². The molecule has 0 atom stereocenters. The van der Waals surface area contributed by atoms with Gasteiger partial charge in [0.2, 0.25) is 0 Å². The Balaban J connectivity index is 1.38. The number of likely N-dealkylation sites (tertiary alicyclic amines) is 1. The number of hydrogen-bond acceptors (Lipinski definition) is 4. The van der Waals surface area contributed by atoms with Crippen molar-refractivity contribution in [2.45, 2.75) is 45.1 Å². The molecule has 2 heterocycles. The van der Waals surface area contributed by atoms with Gasteiger partial charge in [-0.3, -0.25) is 4.99 Å². The molecule has 1 saturated heterocycles. The van der Waals surface area contributed by atoms with Crippen LogP contribution in [0.4, 0.5) is 0 Å². The molecule has 2 aliphatic rings. The third kappa shape index (κ3) is 6.61. The summed E-state index contributed by atoms with van der Waals surface area (Å²) in [7, 11) is 1.82. The van der Waals surface area contributed by atoms with Crippen molar-refractivity contribution in [1.82, 2.24) is 15.5 Å². The largest absolute Gasteiger partial charge is 0.490 e. The van der Waals surface area contributed by atoms with Crippen LogP contribution in [0.5, 0.6) is 11.5 Å². The monoisotopic (exact) mass is 374 g/mol. The smallest absolute Gasteiger partial charge is 0.191 e. The zero-order valence-electron chi connectivity index (χ0n) is 16.6. The molecule has 0 saturated carbocycles. The number of guanidine groups is 1. The number of nitrogens with one attached hydrogen (secondary N) is 2. The lowest BCUT2D eigenvalue weighted by Crippen LogP contribution is -2.38. The maximum absolute atomic E-state index is 5.76. The Kier molecular flexibility index (Phi) is 8.08. The van der Waals surface area contributed by atoms with Gasteiger partial charge in [0, 0.05) is 26.6 Å². The number of ether oxygens (including phenoxy) is 2. The lowest BCUT2D eigenvalue weighted by Gasteiger charge is -2.20. The third-order valence-corrected chi connectivity index (χ3v) is 5.14. The molecule has 0 amide bonds. The third-order valence-electron chi connectivity index (χ3n) is 5.14. The average molecular weight is 375 g/mol. The molecule has 0 aliphatic carbocycles. The molecular weight excluding hydrogens is 340 g/mol. The number of fused-ring (bicyclic) bond motifs is 1. The predicted molar refractivity (Wildman–Crippen MR) is 110 cm³/mol. The first-order valence-corrected chi connectivity index (χ1v) is 10.4. The summed E-state index contributed by atoms with van der Waals surface area (Å²) in [6.07, 6.45) is 7.57. The Bertz CT molecular complexity index is 598. The van der Waals surface area contributed by atoms with Crippen molar-refractivity contribution in [1.29, 1.82) is 0 Å². The summed E-state index contributed by atoms with van der Waals surface area (Å²) in [5.74, 6) is 2.53. The van der Waals surface area contributed by atoms with Gasteiger partial charge in [-0.1, -0.05) is 18.9 Å². The van der Waals surface area contributed by atoms with Crippen LogP contribution in [-0.4, -0.2) is 57.3 Å². The minimum absolute atomic E-state index is 0.711. The summed E-state index contributed by atoms with van der Waals surface area (Å²) in [4.78, 5) is 6.93. The summed E-state index contributed by atoms with van der Waals surface area (Å²) >= 11 is 0. The highest BCUT2D eigenvalue weighted by atomic mass is 16.5. The van der Waals surface area contributed by atoms with E-state index in [4.69, 9.17) is 9.47 Å². The standard InChI is InChI=1S/C21H34N4O2/c1-22-21(23-10-6-13-25-11-4-2-3-5-12-25)24-17-18-8-9-19-20(16-18)27-15-7-14-26-19/h8-9,16H,2-7,10-15,17H2,1H3,(H2,22,23,24). The van der Waals surface area contributed by atoms with E-state index in [0.29, 0.717) is 13.2 Å². The van der Waals surface area contributed by atoms with E-state index in [1.807, 2.05) is 13.1 Å². The van der Waals surface area contributed by atoms with Crippen LogP contribution in [0.2, 0.25) is 0 Å². The zero-order chi connectivity index (χ0) is 18.7. The maximum atomic E-state index is 5.76. The Hall–Kier alpha value is -1.95. The molecule has 0 unspecified atom stereocenters. The molecule has 6 nitrogen and oxygen atoms in total. The normalized spacial score (nSPS) is 18.5. The van der Waals surface area contributed by atoms with Gasteiger partial charge in [0.1, 0.15) is 0 Å². The van der Waals surface area contributed by atoms with Crippen LogP contribution in [0.15, 0.2) is 23.2 Å². The lowest BCUT2D eigenvalue weighted by molar-refractivity contribution is 0.282. The molecule has 2 N–H and O–H groups in total. The van der Waals surface area contributed by atoms with Gasteiger partial charge in [0.25, 0.3) is 0 Å². The highest BCUT2D eigenvalue weighted by molar-refractivity contribution is 5.79. The van der Waals surface area contributed by atoms with Crippen molar-refractivity contribution in [3.05, 3.63) is 23.8 Å². The zero-order valence-corrected chi connectivity index (χ0v) is 16.6. The van der Waals surface area contributed by atoms with E-state index in [1.54, 1.807) is 0 Å². The first-order valence-electron chi connectivity index (χ1n) is 10.4. The fourth-order valence-electron chi connectivity index (χ4n) is 3.59. The average Bonchev–Trinajstić information content (AvgIpc) is 3.09. The molecule has 1 fully saturated rings. The minimum atomic E-state index is 0.711. The van der Waals surface area contributed by atoms with Gasteiger partial charge in [0.05, 0.1) is 13.2 Å². The van der Waals surface area contributed by atoms with E-state index >= 15 is 0 Å². The van der Waals surface area contributed by atoms with E-state index in [1.165, 1.54) is 45.3 Å². The van der Waals surface area contributed by atoms with E-state index in [2.05, 4.69) is 32.7 Å². The van der Waals surface area contributed by atoms with Gasteiger partial charge >= 0.3 is 0 Å². The van der Waals surface area contributed by atoms with Crippen LogP contribution < -0.4 is 20.1 Å². The van der Waals surface area contributed by atoms with E-state index < -0.39 is 0 Å². The summed E-state index contributed by atoms with van der Waals surface area (Å²) in [6, 6.07) is 6.13. The fourth-order valence-corrected chi connectivity index (χ4v) is 3.59. The summed E-state index contributed by atoms with van der Waals surface area (Å²) < 4.78 is 11.5. The molecular formula is C21H34N4O2. The summed E-state index contributed by atoms with van der Waals surface area (Å²) in [6.45, 7) is 6.78. The van der Waals surface area contributed by atoms with Crippen molar-refractivity contribution < 1.29 is 9.47 Å². The Morgan fingerprint density at radius 3 is 2.56 bits per heavy atom. The van der Waals surface area contributed by atoms with Crippen LogP contribution in [0.3, 0.4) is 0 Å². The molecule has 3 rings (SSSR count). The van der Waals surface area contributed by atoms with Gasteiger partial charge in [0.15, 0.2) is 17.5 Å². The Morgan fingerprint density at radius 1 is 1.00 bits per heavy atom. The molecule has 1 aromatic rings. The molecule has 6 heteroatoms. The van der Waals surface area contributed by atoms with Gasteiger partial charge < -0.3 is 25.0 Å². The van der Waals surface area contributed by atoms with Gasteiger partial charge in [-0.25, -0.2) is 0 Å². The number of aliphatic imine (C=N–C) groups is 1. The van der Waals surface area contributed by atoms with E-state index in [-0.39, 0.29) is 0 Å². The van der Waals surface area contributed by atoms with Crippen molar-refractivity contribution in [2.75, 3.05) is 46.4 Å². The van der Waals surface area contributed by atoms with Crippen molar-refractivity contribution in [3.8, 4) is 11.5 Å². The number of benzene rings is 1. The van der Waals surface area contributed by atoms with Crippen molar-refractivity contribution >= 4 is 5.96 Å². The quantitative estimate of drug-likeness (QED) is 0.456. The van der Waals surface area contributed by atoms with Gasteiger partial charge in [-0.2, -0.15) is 0 Å². The first-order chi connectivity index (χ1) is 13.3. The number of rotatable bonds is 6. The van der Waals surface area contributed by atoms with Crippen LogP contribution in [0.1, 0.15) is 44.1 Å². The van der Waals surface area contributed by atoms with Gasteiger partial charge in [-0.05, 0) is 56.6 Å². The number of nitrogens with zero attached hydrogens (tertiary/aromatic N) is 2. The second-order valence-electron chi connectivity index (χ2n) is 7.29. The maximum Gasteiger partial charge on any atom is 0.191 e. The molecule has 150 valence electrons. The Morgan fingerprint density at radius 2 is 1.78 bits per heavy atom. The highest BCUT2D eigenvalue weighted by Gasteiger charge is 2.11. The molecule has 0 spiro atoms. The van der Waals surface area contributed by atoms with Crippen LogP contribution in [0.25, 0.3) is 0 Å². The summed E-state index contributed by atoms with van der Waals surface area (Å²) in [5, 5.41) is 6.81. The van der Waals surface area contributed by atoms with Crippen LogP contribution >= 0.6 is 0 Å². The molecule has 0 radical (unpaired) electrons. The summed E-state index contributed by atoms with van der Waals surface area (Å²) in [5.41, 5.74) is 1.16. The Labute approximate surface area is 163 Å². The molecule has 27 heavy (non-hydrogen) atoms. The van der Waals surface area contributed by atoms with E-state index in [9.17, 15) is 0 Å². The van der Waals surface area contributed by atoms with Crippen LogP contribution in [0, 0.1) is 0 Å². The van der Waals surface area contributed by atoms with Gasteiger partial charge in [-0.15, -0.1) is 0 Å². The predicted octanol–water partition coefficient (Wildman–Crippen LogP) is 2.78. The lowest BCUT2D eigenvalue weighted by atomic mass is 10.2. The molecule has 1 aromatic carbocycles. The minimum Gasteiger partial charge on any atom is -0.490 e. The highest BCUT2D eigenvalue weighted by Crippen LogP contribution is 2.30. The van der Waals surface area contributed by atoms with Crippen LogP contribution in [-0.2, 0) is 6.54 Å².